The molecule has 6 nitrogen and oxygen atoms in total. The number of Topliss-reactive ketones (excluding diaryl/α,β-unsaturated/α-hetero) is 3. The zero-order chi connectivity index (χ0) is 19.2. The van der Waals surface area contributed by atoms with Crippen molar-refractivity contribution in [2.24, 2.45) is 11.8 Å². The predicted octanol–water partition coefficient (Wildman–Crippen LogP) is 2.41. The first-order chi connectivity index (χ1) is 13.1. The highest BCUT2D eigenvalue weighted by atomic mass is 16.5. The minimum atomic E-state index is -0.368. The van der Waals surface area contributed by atoms with Crippen molar-refractivity contribution in [2.45, 2.75) is 32.6 Å². The standard InChI is InChI=1S/C21H26O6/c1-2-25-8-9-26-10-11-27-20-5-3-4-16-17(20)13-18(21(16)24)15-7-6-14(22)12-19(15)23/h3-5,15,18H,2,6-13H2,1H3. The van der Waals surface area contributed by atoms with Crippen molar-refractivity contribution in [1.29, 1.82) is 0 Å². The quantitative estimate of drug-likeness (QED) is 0.488. The Kier molecular flexibility index (Phi) is 6.74. The topological polar surface area (TPSA) is 78.9 Å². The molecular formula is C21H26O6. The lowest BCUT2D eigenvalue weighted by atomic mass is 9.77. The zero-order valence-corrected chi connectivity index (χ0v) is 15.7. The van der Waals surface area contributed by atoms with Gasteiger partial charge in [-0.3, -0.25) is 14.4 Å². The average Bonchev–Trinajstić information content (AvgIpc) is 2.98. The summed E-state index contributed by atoms with van der Waals surface area (Å²) in [4.78, 5) is 36.6. The van der Waals surface area contributed by atoms with Gasteiger partial charge in [0.2, 0.25) is 0 Å². The number of ketones is 3. The maximum atomic E-state index is 12.8. The molecule has 2 aliphatic rings. The lowest BCUT2D eigenvalue weighted by molar-refractivity contribution is -0.133. The molecule has 1 fully saturated rings. The highest BCUT2D eigenvalue weighted by Crippen LogP contribution is 2.40. The Morgan fingerprint density at radius 3 is 2.56 bits per heavy atom. The van der Waals surface area contributed by atoms with Gasteiger partial charge in [0.05, 0.1) is 26.2 Å². The number of ether oxygens (including phenoxy) is 3. The summed E-state index contributed by atoms with van der Waals surface area (Å²) in [6, 6.07) is 5.44. The van der Waals surface area contributed by atoms with E-state index in [1.807, 2.05) is 13.0 Å². The molecule has 0 aliphatic heterocycles. The second-order valence-electron chi connectivity index (χ2n) is 6.94. The lowest BCUT2D eigenvalue weighted by Gasteiger charge is -2.24. The fourth-order valence-corrected chi connectivity index (χ4v) is 3.87. The van der Waals surface area contributed by atoms with Crippen LogP contribution in [0, 0.1) is 11.8 Å². The molecule has 0 amide bonds. The first-order valence-electron chi connectivity index (χ1n) is 9.60. The Labute approximate surface area is 159 Å². The van der Waals surface area contributed by atoms with Crippen molar-refractivity contribution in [1.82, 2.24) is 0 Å². The fraction of sp³-hybridized carbons (Fsp3) is 0.571. The maximum absolute atomic E-state index is 12.8. The van der Waals surface area contributed by atoms with Gasteiger partial charge in [0.25, 0.3) is 0 Å². The normalized spacial score (nSPS) is 22.2. The molecule has 0 heterocycles. The summed E-state index contributed by atoms with van der Waals surface area (Å²) in [5, 5.41) is 0. The van der Waals surface area contributed by atoms with Crippen LogP contribution in [0.3, 0.4) is 0 Å². The smallest absolute Gasteiger partial charge is 0.167 e. The van der Waals surface area contributed by atoms with Gasteiger partial charge in [-0.2, -0.15) is 0 Å². The molecule has 0 bridgehead atoms. The molecule has 0 spiro atoms. The van der Waals surface area contributed by atoms with Crippen molar-refractivity contribution >= 4 is 17.3 Å². The minimum absolute atomic E-state index is 0.00360. The van der Waals surface area contributed by atoms with Gasteiger partial charge in [-0.05, 0) is 25.8 Å². The number of carbonyl (C=O) groups excluding carboxylic acids is 3. The summed E-state index contributed by atoms with van der Waals surface area (Å²) in [6.45, 7) is 4.52. The third-order valence-electron chi connectivity index (χ3n) is 5.23. The molecule has 0 aromatic heterocycles. The number of benzene rings is 1. The van der Waals surface area contributed by atoms with E-state index in [0.717, 1.165) is 5.56 Å². The van der Waals surface area contributed by atoms with E-state index < -0.39 is 0 Å². The van der Waals surface area contributed by atoms with Crippen LogP contribution in [-0.2, 0) is 25.5 Å². The molecular weight excluding hydrogens is 348 g/mol. The summed E-state index contributed by atoms with van der Waals surface area (Å²) in [7, 11) is 0. The highest BCUT2D eigenvalue weighted by Gasteiger charge is 2.42. The number of hydrogen-bond donors (Lipinski definition) is 0. The van der Waals surface area contributed by atoms with Crippen molar-refractivity contribution < 1.29 is 28.6 Å². The van der Waals surface area contributed by atoms with E-state index in [2.05, 4.69) is 0 Å². The van der Waals surface area contributed by atoms with Crippen molar-refractivity contribution in [3.05, 3.63) is 29.3 Å². The Morgan fingerprint density at radius 2 is 1.78 bits per heavy atom. The molecule has 2 atom stereocenters. The van der Waals surface area contributed by atoms with Crippen molar-refractivity contribution in [3.63, 3.8) is 0 Å². The largest absolute Gasteiger partial charge is 0.491 e. The van der Waals surface area contributed by atoms with E-state index in [0.29, 0.717) is 63.6 Å². The molecule has 1 saturated carbocycles. The van der Waals surface area contributed by atoms with E-state index in [1.54, 1.807) is 12.1 Å². The van der Waals surface area contributed by atoms with E-state index in [1.165, 1.54) is 0 Å². The van der Waals surface area contributed by atoms with Gasteiger partial charge in [-0.25, -0.2) is 0 Å². The van der Waals surface area contributed by atoms with Crippen LogP contribution in [0.25, 0.3) is 0 Å². The van der Waals surface area contributed by atoms with Gasteiger partial charge < -0.3 is 14.2 Å². The van der Waals surface area contributed by atoms with Crippen LogP contribution in [0.2, 0.25) is 0 Å². The molecule has 0 saturated heterocycles. The lowest BCUT2D eigenvalue weighted by Crippen LogP contribution is -2.33. The predicted molar refractivity (Wildman–Crippen MR) is 98.1 cm³/mol. The molecule has 1 aromatic rings. The summed E-state index contributed by atoms with van der Waals surface area (Å²) < 4.78 is 16.5. The zero-order valence-electron chi connectivity index (χ0n) is 15.7. The molecule has 6 heteroatoms. The van der Waals surface area contributed by atoms with Gasteiger partial charge in [0.15, 0.2) is 5.78 Å². The third-order valence-corrected chi connectivity index (χ3v) is 5.23. The molecule has 0 N–H and O–H groups in total. The van der Waals surface area contributed by atoms with Crippen LogP contribution in [-0.4, -0.2) is 50.4 Å². The summed E-state index contributed by atoms with van der Waals surface area (Å²) in [5.41, 5.74) is 1.51. The number of rotatable bonds is 9. The Balaban J connectivity index is 1.59. The van der Waals surface area contributed by atoms with E-state index >= 15 is 0 Å². The average molecular weight is 374 g/mol. The van der Waals surface area contributed by atoms with Crippen LogP contribution in [0.15, 0.2) is 18.2 Å². The molecule has 0 radical (unpaired) electrons. The Hall–Kier alpha value is -2.05. The second-order valence-corrected chi connectivity index (χ2v) is 6.94. The number of carbonyl (C=O) groups is 3. The summed E-state index contributed by atoms with van der Waals surface area (Å²) in [6.07, 6.45) is 1.33. The van der Waals surface area contributed by atoms with Gasteiger partial charge in [0.1, 0.15) is 23.9 Å². The molecule has 27 heavy (non-hydrogen) atoms. The van der Waals surface area contributed by atoms with Gasteiger partial charge in [0, 0.05) is 36.0 Å². The Morgan fingerprint density at radius 1 is 1.00 bits per heavy atom. The first-order valence-corrected chi connectivity index (χ1v) is 9.60. The molecule has 2 aliphatic carbocycles. The SMILES string of the molecule is CCOCCOCCOc1cccc2c1CC(C1CCC(=O)CC1=O)C2=O. The third kappa shape index (κ3) is 4.62. The van der Waals surface area contributed by atoms with E-state index in [-0.39, 0.29) is 35.6 Å². The molecule has 3 rings (SSSR count). The monoisotopic (exact) mass is 374 g/mol. The molecule has 2 unspecified atom stereocenters. The minimum Gasteiger partial charge on any atom is -0.491 e. The van der Waals surface area contributed by atoms with Crippen LogP contribution in [0.4, 0.5) is 0 Å². The first kappa shape index (κ1) is 19.7. The molecule has 146 valence electrons. The maximum Gasteiger partial charge on any atom is 0.167 e. The fourth-order valence-electron chi connectivity index (χ4n) is 3.87. The van der Waals surface area contributed by atoms with Crippen LogP contribution < -0.4 is 4.74 Å². The number of hydrogen-bond acceptors (Lipinski definition) is 6. The van der Waals surface area contributed by atoms with Crippen LogP contribution >= 0.6 is 0 Å². The van der Waals surface area contributed by atoms with Crippen LogP contribution in [0.5, 0.6) is 5.75 Å². The Bertz CT molecular complexity index is 711. The highest BCUT2D eigenvalue weighted by molar-refractivity contribution is 6.08. The van der Waals surface area contributed by atoms with Crippen LogP contribution in [0.1, 0.15) is 42.1 Å². The number of fused-ring (bicyclic) bond motifs is 1. The van der Waals surface area contributed by atoms with Gasteiger partial charge >= 0.3 is 0 Å². The van der Waals surface area contributed by atoms with E-state index in [4.69, 9.17) is 14.2 Å². The van der Waals surface area contributed by atoms with Gasteiger partial charge in [-0.15, -0.1) is 0 Å². The summed E-state index contributed by atoms with van der Waals surface area (Å²) in [5.74, 6) is -0.160. The van der Waals surface area contributed by atoms with Gasteiger partial charge in [-0.1, -0.05) is 12.1 Å². The van der Waals surface area contributed by atoms with Crippen molar-refractivity contribution in [2.75, 3.05) is 33.0 Å². The second kappa shape index (κ2) is 9.24. The summed E-state index contributed by atoms with van der Waals surface area (Å²) >= 11 is 0. The van der Waals surface area contributed by atoms with Crippen molar-refractivity contribution in [3.8, 4) is 5.75 Å². The van der Waals surface area contributed by atoms with E-state index in [9.17, 15) is 14.4 Å². The molecule has 1 aromatic carbocycles.